The molecule has 2 amide bonds. The summed E-state index contributed by atoms with van der Waals surface area (Å²) in [6, 6.07) is 13.6. The molecule has 0 bridgehead atoms. The Morgan fingerprint density at radius 1 is 0.781 bits per heavy atom. The summed E-state index contributed by atoms with van der Waals surface area (Å²) >= 11 is 11.3. The minimum atomic E-state index is -4.74. The first-order chi connectivity index (χ1) is 14.9. The summed E-state index contributed by atoms with van der Waals surface area (Å²) in [6.45, 7) is 0. The van der Waals surface area contributed by atoms with Crippen LogP contribution in [-0.4, -0.2) is 14.4 Å². The highest BCUT2D eigenvalue weighted by Crippen LogP contribution is 2.36. The molecule has 3 aromatic rings. The SMILES string of the molecule is O=C(Nc1ccc(Cl)cc1)Nc1ccc(S(=O)(=O)Nc2ccc(Cl)c(C(F)(F)F)c2)cc1. The predicted molar refractivity (Wildman–Crippen MR) is 118 cm³/mol. The number of alkyl halides is 3. The van der Waals surface area contributed by atoms with Gasteiger partial charge in [0.2, 0.25) is 0 Å². The van der Waals surface area contributed by atoms with Crippen LogP contribution in [0.25, 0.3) is 0 Å². The molecule has 0 spiro atoms. The van der Waals surface area contributed by atoms with Gasteiger partial charge in [-0.1, -0.05) is 23.2 Å². The number of benzene rings is 3. The lowest BCUT2D eigenvalue weighted by atomic mass is 10.2. The number of hydrogen-bond donors (Lipinski definition) is 3. The normalized spacial score (nSPS) is 11.7. The smallest absolute Gasteiger partial charge is 0.308 e. The molecule has 3 aromatic carbocycles. The summed E-state index contributed by atoms with van der Waals surface area (Å²) in [5.41, 5.74) is -0.672. The second-order valence-electron chi connectivity index (χ2n) is 6.41. The van der Waals surface area contributed by atoms with Crippen molar-refractivity contribution in [3.8, 4) is 0 Å². The van der Waals surface area contributed by atoms with Gasteiger partial charge >= 0.3 is 12.2 Å². The van der Waals surface area contributed by atoms with Crippen LogP contribution in [0.4, 0.5) is 35.0 Å². The van der Waals surface area contributed by atoms with E-state index in [2.05, 4.69) is 15.4 Å². The Labute approximate surface area is 191 Å². The van der Waals surface area contributed by atoms with Crippen molar-refractivity contribution in [1.82, 2.24) is 0 Å². The molecule has 0 aliphatic carbocycles. The number of anilines is 3. The van der Waals surface area contributed by atoms with Crippen LogP contribution in [0.2, 0.25) is 10.0 Å². The molecule has 168 valence electrons. The monoisotopic (exact) mass is 503 g/mol. The zero-order chi connectivity index (χ0) is 23.5. The molecule has 0 unspecified atom stereocenters. The lowest BCUT2D eigenvalue weighted by molar-refractivity contribution is -0.137. The van der Waals surface area contributed by atoms with Crippen molar-refractivity contribution in [2.75, 3.05) is 15.4 Å². The van der Waals surface area contributed by atoms with Gasteiger partial charge < -0.3 is 10.6 Å². The van der Waals surface area contributed by atoms with E-state index >= 15 is 0 Å². The van der Waals surface area contributed by atoms with E-state index in [4.69, 9.17) is 23.2 Å². The van der Waals surface area contributed by atoms with E-state index in [1.807, 2.05) is 0 Å². The summed E-state index contributed by atoms with van der Waals surface area (Å²) in [4.78, 5) is 11.8. The number of nitrogens with one attached hydrogen (secondary N) is 3. The Morgan fingerprint density at radius 2 is 1.28 bits per heavy atom. The standard InChI is InChI=1S/C20H14Cl2F3N3O3S/c21-12-1-3-13(4-2-12)26-19(29)27-14-5-8-16(9-6-14)32(30,31)28-15-7-10-18(22)17(11-15)20(23,24)25/h1-11,28H,(H2,26,27,29). The average molecular weight is 504 g/mol. The highest BCUT2D eigenvalue weighted by Gasteiger charge is 2.33. The van der Waals surface area contributed by atoms with Gasteiger partial charge in [0.15, 0.2) is 0 Å². The van der Waals surface area contributed by atoms with Gasteiger partial charge in [0.25, 0.3) is 10.0 Å². The minimum Gasteiger partial charge on any atom is -0.308 e. The highest BCUT2D eigenvalue weighted by atomic mass is 35.5. The molecule has 0 aliphatic heterocycles. The van der Waals surface area contributed by atoms with Gasteiger partial charge in [0.1, 0.15) is 0 Å². The summed E-state index contributed by atoms with van der Waals surface area (Å²) in [6.07, 6.45) is -4.74. The molecule has 0 heterocycles. The van der Waals surface area contributed by atoms with Crippen LogP contribution < -0.4 is 15.4 Å². The molecule has 0 fully saturated rings. The molecule has 0 saturated heterocycles. The predicted octanol–water partition coefficient (Wildman–Crippen LogP) is 6.46. The number of amides is 2. The van der Waals surface area contributed by atoms with E-state index in [9.17, 15) is 26.4 Å². The molecule has 12 heteroatoms. The van der Waals surface area contributed by atoms with Gasteiger partial charge in [0.05, 0.1) is 15.5 Å². The van der Waals surface area contributed by atoms with Crippen molar-refractivity contribution in [1.29, 1.82) is 0 Å². The van der Waals surface area contributed by atoms with E-state index in [1.54, 1.807) is 24.3 Å². The number of hydrogen-bond acceptors (Lipinski definition) is 3. The maximum Gasteiger partial charge on any atom is 0.417 e. The van der Waals surface area contributed by atoms with Gasteiger partial charge in [-0.25, -0.2) is 13.2 Å². The Hall–Kier alpha value is -2.95. The van der Waals surface area contributed by atoms with Crippen LogP contribution in [-0.2, 0) is 16.2 Å². The number of urea groups is 1. The van der Waals surface area contributed by atoms with Gasteiger partial charge in [-0.15, -0.1) is 0 Å². The molecule has 6 nitrogen and oxygen atoms in total. The van der Waals surface area contributed by atoms with Crippen LogP contribution in [0.1, 0.15) is 5.56 Å². The largest absolute Gasteiger partial charge is 0.417 e. The fourth-order valence-corrected chi connectivity index (χ4v) is 3.96. The van der Waals surface area contributed by atoms with Crippen molar-refractivity contribution in [3.63, 3.8) is 0 Å². The molecule has 3 N–H and O–H groups in total. The van der Waals surface area contributed by atoms with Gasteiger partial charge in [-0.2, -0.15) is 13.2 Å². The number of rotatable bonds is 5. The third kappa shape index (κ3) is 6.06. The first-order valence-corrected chi connectivity index (χ1v) is 11.0. The maximum absolute atomic E-state index is 13.0. The lowest BCUT2D eigenvalue weighted by Crippen LogP contribution is -2.19. The van der Waals surface area contributed by atoms with E-state index in [0.29, 0.717) is 22.5 Å². The molecule has 0 aromatic heterocycles. The Morgan fingerprint density at radius 3 is 1.81 bits per heavy atom. The first kappa shape index (κ1) is 23.7. The molecule has 32 heavy (non-hydrogen) atoms. The van der Waals surface area contributed by atoms with Gasteiger partial charge in [-0.05, 0) is 66.7 Å². The second-order valence-corrected chi connectivity index (χ2v) is 8.93. The zero-order valence-electron chi connectivity index (χ0n) is 15.9. The summed E-state index contributed by atoms with van der Waals surface area (Å²) in [7, 11) is -4.19. The van der Waals surface area contributed by atoms with Crippen LogP contribution in [0.3, 0.4) is 0 Å². The highest BCUT2D eigenvalue weighted by molar-refractivity contribution is 7.92. The zero-order valence-corrected chi connectivity index (χ0v) is 18.2. The first-order valence-electron chi connectivity index (χ1n) is 8.77. The third-order valence-corrected chi connectivity index (χ3v) is 6.03. The molecule has 0 atom stereocenters. The quantitative estimate of drug-likeness (QED) is 0.373. The van der Waals surface area contributed by atoms with Crippen molar-refractivity contribution in [2.45, 2.75) is 11.1 Å². The second kappa shape index (κ2) is 9.27. The number of carbonyl (C=O) groups excluding carboxylic acids is 1. The van der Waals surface area contributed by atoms with Crippen LogP contribution in [0, 0.1) is 0 Å². The van der Waals surface area contributed by atoms with E-state index < -0.39 is 32.8 Å². The van der Waals surface area contributed by atoms with Crippen molar-refractivity contribution in [2.24, 2.45) is 0 Å². The van der Waals surface area contributed by atoms with Crippen molar-refractivity contribution >= 4 is 56.3 Å². The minimum absolute atomic E-state index is 0.218. The average Bonchev–Trinajstić information content (AvgIpc) is 2.70. The Kier molecular flexibility index (Phi) is 6.87. The molecule has 0 saturated carbocycles. The maximum atomic E-state index is 13.0. The van der Waals surface area contributed by atoms with E-state index in [1.165, 1.54) is 24.3 Å². The molecule has 0 radical (unpaired) electrons. The summed E-state index contributed by atoms with van der Waals surface area (Å²) in [5.74, 6) is 0. The van der Waals surface area contributed by atoms with Crippen molar-refractivity contribution in [3.05, 3.63) is 82.3 Å². The Balaban J connectivity index is 1.69. The van der Waals surface area contributed by atoms with E-state index in [0.717, 1.165) is 12.1 Å². The van der Waals surface area contributed by atoms with Gasteiger partial charge in [0, 0.05) is 22.1 Å². The number of halogens is 5. The molecular formula is C20H14Cl2F3N3O3S. The Bertz CT molecular complexity index is 1230. The summed E-state index contributed by atoms with van der Waals surface area (Å²) in [5, 5.41) is 5.06. The van der Waals surface area contributed by atoms with Gasteiger partial charge in [-0.3, -0.25) is 4.72 Å². The van der Waals surface area contributed by atoms with Crippen LogP contribution in [0.15, 0.2) is 71.6 Å². The van der Waals surface area contributed by atoms with Crippen LogP contribution in [0.5, 0.6) is 0 Å². The molecular weight excluding hydrogens is 490 g/mol. The van der Waals surface area contributed by atoms with E-state index in [-0.39, 0.29) is 10.6 Å². The third-order valence-electron chi connectivity index (χ3n) is 4.05. The fraction of sp³-hybridized carbons (Fsp3) is 0.0500. The lowest BCUT2D eigenvalue weighted by Gasteiger charge is -2.13. The fourth-order valence-electron chi connectivity index (χ4n) is 2.56. The molecule has 0 aliphatic rings. The topological polar surface area (TPSA) is 87.3 Å². The summed E-state index contributed by atoms with van der Waals surface area (Å²) < 4.78 is 66.0. The molecule has 3 rings (SSSR count). The number of carbonyl (C=O) groups is 1. The number of sulfonamides is 1. The van der Waals surface area contributed by atoms with Crippen molar-refractivity contribution < 1.29 is 26.4 Å². The van der Waals surface area contributed by atoms with Crippen LogP contribution >= 0.6 is 23.2 Å².